The molecule has 0 saturated carbocycles. The summed E-state index contributed by atoms with van der Waals surface area (Å²) in [5.74, 6) is 0.824. The number of anilines is 1. The summed E-state index contributed by atoms with van der Waals surface area (Å²) in [6.07, 6.45) is 4.85. The predicted octanol–water partition coefficient (Wildman–Crippen LogP) is 3.34. The molecule has 2 rings (SSSR count). The van der Waals surface area contributed by atoms with E-state index in [0.29, 0.717) is 6.04 Å². The molecule has 0 radical (unpaired) electrons. The minimum Gasteiger partial charge on any atom is -0.497 e. The lowest BCUT2D eigenvalue weighted by Crippen LogP contribution is -2.39. The third-order valence-corrected chi connectivity index (χ3v) is 3.73. The fraction of sp³-hybridized carbons (Fsp3) is 0.533. The first-order chi connectivity index (χ1) is 8.80. The number of benzene rings is 1. The molecule has 1 unspecified atom stereocenters. The molecule has 0 amide bonds. The van der Waals surface area contributed by atoms with E-state index in [1.807, 2.05) is 18.2 Å². The molecule has 1 aromatic rings. The van der Waals surface area contributed by atoms with Gasteiger partial charge in [0.2, 0.25) is 0 Å². The molecule has 0 aromatic heterocycles. The van der Waals surface area contributed by atoms with Crippen molar-refractivity contribution in [3.05, 3.63) is 23.8 Å². The summed E-state index contributed by atoms with van der Waals surface area (Å²) in [5, 5.41) is 9.25. The van der Waals surface area contributed by atoms with Crippen molar-refractivity contribution in [2.45, 2.75) is 38.6 Å². The Hall–Kier alpha value is -1.69. The summed E-state index contributed by atoms with van der Waals surface area (Å²) in [7, 11) is 1.67. The SMILES string of the molecule is CCC1CCCCN1c1cc(OC)ccc1C#N. The summed E-state index contributed by atoms with van der Waals surface area (Å²) in [5.41, 5.74) is 1.78. The second kappa shape index (κ2) is 5.77. The van der Waals surface area contributed by atoms with Crippen LogP contribution in [0.2, 0.25) is 0 Å². The monoisotopic (exact) mass is 244 g/mol. The standard InChI is InChI=1S/C15H20N2O/c1-3-13-6-4-5-9-17(13)15-10-14(18-2)8-7-12(15)11-16/h7-8,10,13H,3-6,9H2,1-2H3. The molecule has 0 spiro atoms. The Labute approximate surface area is 109 Å². The van der Waals surface area contributed by atoms with E-state index in [-0.39, 0.29) is 0 Å². The summed E-state index contributed by atoms with van der Waals surface area (Å²) in [6, 6.07) is 8.55. The fourth-order valence-electron chi connectivity index (χ4n) is 2.71. The lowest BCUT2D eigenvalue weighted by molar-refractivity contribution is 0.413. The van der Waals surface area contributed by atoms with Crippen LogP contribution >= 0.6 is 0 Å². The Morgan fingerprint density at radius 1 is 1.44 bits per heavy atom. The van der Waals surface area contributed by atoms with Crippen LogP contribution in [0.15, 0.2) is 18.2 Å². The van der Waals surface area contributed by atoms with Crippen LogP contribution < -0.4 is 9.64 Å². The van der Waals surface area contributed by atoms with Gasteiger partial charge in [0.05, 0.1) is 18.4 Å². The highest BCUT2D eigenvalue weighted by Gasteiger charge is 2.23. The first-order valence-corrected chi connectivity index (χ1v) is 6.65. The van der Waals surface area contributed by atoms with E-state index in [0.717, 1.165) is 30.0 Å². The van der Waals surface area contributed by atoms with E-state index in [1.54, 1.807) is 7.11 Å². The maximum Gasteiger partial charge on any atom is 0.121 e. The number of rotatable bonds is 3. The average molecular weight is 244 g/mol. The molecule has 3 nitrogen and oxygen atoms in total. The van der Waals surface area contributed by atoms with Crippen LogP contribution in [0.3, 0.4) is 0 Å². The zero-order valence-electron chi connectivity index (χ0n) is 11.1. The van der Waals surface area contributed by atoms with Crippen molar-refractivity contribution in [1.29, 1.82) is 5.26 Å². The number of piperidine rings is 1. The van der Waals surface area contributed by atoms with Crippen molar-refractivity contribution in [2.75, 3.05) is 18.6 Å². The number of methoxy groups -OCH3 is 1. The van der Waals surface area contributed by atoms with E-state index < -0.39 is 0 Å². The third-order valence-electron chi connectivity index (χ3n) is 3.73. The van der Waals surface area contributed by atoms with Gasteiger partial charge < -0.3 is 9.64 Å². The number of hydrogen-bond acceptors (Lipinski definition) is 3. The van der Waals surface area contributed by atoms with Gasteiger partial charge in [-0.15, -0.1) is 0 Å². The minimum atomic E-state index is 0.554. The topological polar surface area (TPSA) is 36.3 Å². The molecule has 3 heteroatoms. The van der Waals surface area contributed by atoms with Crippen LogP contribution in [-0.2, 0) is 0 Å². The molecule has 1 heterocycles. The molecule has 1 aliphatic heterocycles. The summed E-state index contributed by atoms with van der Waals surface area (Å²) >= 11 is 0. The van der Waals surface area contributed by atoms with E-state index in [2.05, 4.69) is 17.9 Å². The number of hydrogen-bond donors (Lipinski definition) is 0. The lowest BCUT2D eigenvalue weighted by Gasteiger charge is -2.37. The fourth-order valence-corrected chi connectivity index (χ4v) is 2.71. The summed E-state index contributed by atoms with van der Waals surface area (Å²) in [6.45, 7) is 3.26. The molecule has 0 N–H and O–H groups in total. The summed E-state index contributed by atoms with van der Waals surface area (Å²) in [4.78, 5) is 2.38. The molecule has 0 bridgehead atoms. The average Bonchev–Trinajstić information content (AvgIpc) is 2.46. The van der Waals surface area contributed by atoms with Gasteiger partial charge in [-0.05, 0) is 37.8 Å². The molecular formula is C15H20N2O. The Kier molecular flexibility index (Phi) is 4.09. The van der Waals surface area contributed by atoms with Crippen molar-refractivity contribution in [1.82, 2.24) is 0 Å². The van der Waals surface area contributed by atoms with Crippen LogP contribution in [-0.4, -0.2) is 19.7 Å². The Balaban J connectivity index is 2.38. The highest BCUT2D eigenvalue weighted by Crippen LogP contribution is 2.31. The number of ether oxygens (including phenoxy) is 1. The van der Waals surface area contributed by atoms with Gasteiger partial charge >= 0.3 is 0 Å². The molecular weight excluding hydrogens is 224 g/mol. The molecule has 1 atom stereocenters. The first kappa shape index (κ1) is 12.8. The van der Waals surface area contributed by atoms with Crippen LogP contribution in [0, 0.1) is 11.3 Å². The Morgan fingerprint density at radius 3 is 2.94 bits per heavy atom. The largest absolute Gasteiger partial charge is 0.497 e. The van der Waals surface area contributed by atoms with Crippen LogP contribution in [0.5, 0.6) is 5.75 Å². The first-order valence-electron chi connectivity index (χ1n) is 6.65. The second-order valence-corrected chi connectivity index (χ2v) is 4.75. The van der Waals surface area contributed by atoms with Gasteiger partial charge in [0.15, 0.2) is 0 Å². The van der Waals surface area contributed by atoms with E-state index >= 15 is 0 Å². The molecule has 0 aliphatic carbocycles. The third kappa shape index (κ3) is 2.43. The predicted molar refractivity (Wildman–Crippen MR) is 73.0 cm³/mol. The zero-order valence-corrected chi connectivity index (χ0v) is 11.1. The summed E-state index contributed by atoms with van der Waals surface area (Å²) < 4.78 is 5.28. The minimum absolute atomic E-state index is 0.554. The van der Waals surface area contributed by atoms with Gasteiger partial charge in [-0.3, -0.25) is 0 Å². The van der Waals surface area contributed by atoms with Crippen molar-refractivity contribution in [3.8, 4) is 11.8 Å². The van der Waals surface area contributed by atoms with Gasteiger partial charge in [-0.25, -0.2) is 0 Å². The van der Waals surface area contributed by atoms with Crippen molar-refractivity contribution >= 4 is 5.69 Å². The molecule has 18 heavy (non-hydrogen) atoms. The van der Waals surface area contributed by atoms with Gasteiger partial charge in [0, 0.05) is 18.7 Å². The molecule has 1 aromatic carbocycles. The van der Waals surface area contributed by atoms with E-state index in [9.17, 15) is 5.26 Å². The molecule has 96 valence electrons. The van der Waals surface area contributed by atoms with Gasteiger partial charge in [-0.1, -0.05) is 6.92 Å². The molecule has 1 fully saturated rings. The van der Waals surface area contributed by atoms with E-state index in [1.165, 1.54) is 19.3 Å². The van der Waals surface area contributed by atoms with Crippen LogP contribution in [0.4, 0.5) is 5.69 Å². The van der Waals surface area contributed by atoms with Crippen molar-refractivity contribution < 1.29 is 4.74 Å². The number of nitriles is 1. The van der Waals surface area contributed by atoms with Gasteiger partial charge in [-0.2, -0.15) is 5.26 Å². The van der Waals surface area contributed by atoms with Gasteiger partial charge in [0.1, 0.15) is 11.8 Å². The van der Waals surface area contributed by atoms with Crippen LogP contribution in [0.25, 0.3) is 0 Å². The zero-order chi connectivity index (χ0) is 13.0. The highest BCUT2D eigenvalue weighted by molar-refractivity contribution is 5.63. The van der Waals surface area contributed by atoms with Crippen molar-refractivity contribution in [3.63, 3.8) is 0 Å². The van der Waals surface area contributed by atoms with Crippen LogP contribution in [0.1, 0.15) is 38.2 Å². The Morgan fingerprint density at radius 2 is 2.28 bits per heavy atom. The quantitative estimate of drug-likeness (QED) is 0.818. The smallest absolute Gasteiger partial charge is 0.121 e. The number of nitrogens with zero attached hydrogens (tertiary/aromatic N) is 2. The van der Waals surface area contributed by atoms with Crippen molar-refractivity contribution in [2.24, 2.45) is 0 Å². The normalized spacial score (nSPS) is 19.4. The van der Waals surface area contributed by atoms with E-state index in [4.69, 9.17) is 4.74 Å². The maximum atomic E-state index is 9.25. The molecule has 1 saturated heterocycles. The lowest BCUT2D eigenvalue weighted by atomic mass is 9.98. The molecule has 1 aliphatic rings. The Bertz CT molecular complexity index is 450. The van der Waals surface area contributed by atoms with Gasteiger partial charge in [0.25, 0.3) is 0 Å². The second-order valence-electron chi connectivity index (χ2n) is 4.75. The maximum absolute atomic E-state index is 9.25. The highest BCUT2D eigenvalue weighted by atomic mass is 16.5.